The van der Waals surface area contributed by atoms with Crippen LogP contribution in [0.3, 0.4) is 0 Å². The van der Waals surface area contributed by atoms with E-state index in [1.54, 1.807) is 13.1 Å². The lowest BCUT2D eigenvalue weighted by Gasteiger charge is -2.07. The first-order valence-corrected chi connectivity index (χ1v) is 5.69. The van der Waals surface area contributed by atoms with Crippen LogP contribution in [0.25, 0.3) is 0 Å². The van der Waals surface area contributed by atoms with Crippen molar-refractivity contribution in [1.82, 2.24) is 5.32 Å². The molecule has 1 saturated carbocycles. The van der Waals surface area contributed by atoms with Crippen LogP contribution < -0.4 is 5.32 Å². The first-order valence-electron chi connectivity index (χ1n) is 4.87. The molecule has 2 rings (SSSR count). The first kappa shape index (κ1) is 9.96. The van der Waals surface area contributed by atoms with Gasteiger partial charge in [0.2, 0.25) is 0 Å². The molecule has 0 spiro atoms. The predicted molar refractivity (Wildman–Crippen MR) is 56.8 cm³/mol. The maximum atomic E-state index is 9.70. The van der Waals surface area contributed by atoms with E-state index in [4.69, 9.17) is 0 Å². The quantitative estimate of drug-likeness (QED) is 0.712. The van der Waals surface area contributed by atoms with Crippen LogP contribution in [0, 0.1) is 0 Å². The molecule has 1 fully saturated rings. The van der Waals surface area contributed by atoms with Crippen molar-refractivity contribution in [3.8, 4) is 5.75 Å². The number of hydrogen-bond acceptors (Lipinski definition) is 4. The monoisotopic (exact) mass is 213 g/mol. The number of hydrogen-bond donors (Lipinski definition) is 3. The molecule has 0 bridgehead atoms. The average molecular weight is 213 g/mol. The molecular formula is C10H15NO2S. The molecule has 1 aliphatic rings. The van der Waals surface area contributed by atoms with Gasteiger partial charge in [0.1, 0.15) is 11.9 Å². The largest absolute Gasteiger partial charge is 0.507 e. The van der Waals surface area contributed by atoms with Crippen molar-refractivity contribution in [3.63, 3.8) is 0 Å². The fraction of sp³-hybridized carbons (Fsp3) is 0.600. The highest BCUT2D eigenvalue weighted by Gasteiger charge is 2.27. The van der Waals surface area contributed by atoms with Crippen LogP contribution in [0.1, 0.15) is 34.6 Å². The second kappa shape index (κ2) is 3.88. The molecule has 0 amide bonds. The summed E-state index contributed by atoms with van der Waals surface area (Å²) in [6, 6.07) is 1.80. The molecule has 3 N–H and O–H groups in total. The van der Waals surface area contributed by atoms with Gasteiger partial charge < -0.3 is 15.5 Å². The zero-order valence-corrected chi connectivity index (χ0v) is 8.97. The summed E-state index contributed by atoms with van der Waals surface area (Å²) in [7, 11) is 1.79. The molecule has 1 atom stereocenters. The van der Waals surface area contributed by atoms with Crippen LogP contribution in [-0.2, 0) is 0 Å². The summed E-state index contributed by atoms with van der Waals surface area (Å²) in [6.07, 6.45) is 1.86. The van der Waals surface area contributed by atoms with Crippen molar-refractivity contribution >= 4 is 11.3 Å². The molecule has 1 unspecified atom stereocenters. The molecule has 3 nitrogen and oxygen atoms in total. The summed E-state index contributed by atoms with van der Waals surface area (Å²) < 4.78 is 0. The Morgan fingerprint density at radius 3 is 2.93 bits per heavy atom. The fourth-order valence-electron chi connectivity index (χ4n) is 1.51. The van der Waals surface area contributed by atoms with E-state index in [-0.39, 0.29) is 5.75 Å². The molecule has 0 radical (unpaired) electrons. The lowest BCUT2D eigenvalue weighted by molar-refractivity contribution is 0.178. The number of aromatic hydroxyl groups is 1. The molecule has 4 heteroatoms. The minimum absolute atomic E-state index is 0.250. The van der Waals surface area contributed by atoms with Gasteiger partial charge in [-0.1, -0.05) is 0 Å². The van der Waals surface area contributed by atoms with Gasteiger partial charge in [-0.25, -0.2) is 0 Å². The van der Waals surface area contributed by atoms with Crippen molar-refractivity contribution in [2.75, 3.05) is 13.6 Å². The van der Waals surface area contributed by atoms with E-state index in [0.717, 1.165) is 0 Å². The highest BCUT2D eigenvalue weighted by Crippen LogP contribution is 2.47. The molecule has 1 aliphatic carbocycles. The van der Waals surface area contributed by atoms with Crippen LogP contribution in [0.2, 0.25) is 0 Å². The van der Waals surface area contributed by atoms with E-state index < -0.39 is 6.10 Å². The van der Waals surface area contributed by atoms with Crippen LogP contribution in [0.15, 0.2) is 6.07 Å². The summed E-state index contributed by atoms with van der Waals surface area (Å²) in [6.45, 7) is 0.484. The third-order valence-corrected chi connectivity index (χ3v) is 3.83. The second-order valence-corrected chi connectivity index (χ2v) is 4.86. The van der Waals surface area contributed by atoms with Crippen molar-refractivity contribution in [1.29, 1.82) is 0 Å². The topological polar surface area (TPSA) is 52.5 Å². The van der Waals surface area contributed by atoms with Crippen LogP contribution in [0.5, 0.6) is 5.75 Å². The van der Waals surface area contributed by atoms with Gasteiger partial charge in [-0.2, -0.15) is 0 Å². The fourth-order valence-corrected chi connectivity index (χ4v) is 2.72. The Hall–Kier alpha value is -0.580. The number of aliphatic hydroxyl groups is 1. The Kier molecular flexibility index (Phi) is 2.76. The van der Waals surface area contributed by atoms with Gasteiger partial charge in [0, 0.05) is 11.4 Å². The predicted octanol–water partition coefficient (Wildman–Crippen LogP) is 1.58. The molecule has 14 heavy (non-hydrogen) atoms. The number of aliphatic hydroxyl groups excluding tert-OH is 1. The minimum atomic E-state index is -0.586. The van der Waals surface area contributed by atoms with Crippen molar-refractivity contribution < 1.29 is 10.2 Å². The molecule has 0 aromatic carbocycles. The Morgan fingerprint density at radius 2 is 2.36 bits per heavy atom. The minimum Gasteiger partial charge on any atom is -0.507 e. The van der Waals surface area contributed by atoms with Crippen LogP contribution >= 0.6 is 11.3 Å². The zero-order valence-electron chi connectivity index (χ0n) is 8.16. The van der Waals surface area contributed by atoms with Crippen LogP contribution in [0.4, 0.5) is 0 Å². The third kappa shape index (κ3) is 1.92. The summed E-state index contributed by atoms with van der Waals surface area (Å²) in [5.41, 5.74) is 0. The third-order valence-electron chi connectivity index (χ3n) is 2.44. The zero-order chi connectivity index (χ0) is 10.1. The summed E-state index contributed by atoms with van der Waals surface area (Å²) in [5.74, 6) is 0.890. The lowest BCUT2D eigenvalue weighted by Crippen LogP contribution is -2.15. The first-order chi connectivity index (χ1) is 6.72. The maximum Gasteiger partial charge on any atom is 0.132 e. The van der Waals surface area contributed by atoms with E-state index in [1.807, 2.05) is 0 Å². The van der Waals surface area contributed by atoms with E-state index in [0.29, 0.717) is 17.3 Å². The Labute approximate surface area is 87.4 Å². The molecular weight excluding hydrogens is 198 g/mol. The Balaban J connectivity index is 2.15. The summed E-state index contributed by atoms with van der Waals surface area (Å²) in [5, 5.41) is 22.2. The number of rotatable bonds is 4. The highest BCUT2D eigenvalue weighted by molar-refractivity contribution is 7.12. The number of likely N-dealkylation sites (N-methyl/N-ethyl adjacent to an activating group) is 1. The molecule has 78 valence electrons. The van der Waals surface area contributed by atoms with Gasteiger partial charge in [0.05, 0.1) is 4.88 Å². The van der Waals surface area contributed by atoms with Gasteiger partial charge in [-0.15, -0.1) is 11.3 Å². The van der Waals surface area contributed by atoms with E-state index in [2.05, 4.69) is 5.32 Å². The summed E-state index contributed by atoms with van der Waals surface area (Å²) >= 11 is 1.54. The molecule has 0 saturated heterocycles. The second-order valence-electron chi connectivity index (χ2n) is 3.75. The van der Waals surface area contributed by atoms with Crippen LogP contribution in [-0.4, -0.2) is 23.8 Å². The Morgan fingerprint density at radius 1 is 1.64 bits per heavy atom. The van der Waals surface area contributed by atoms with Gasteiger partial charge >= 0.3 is 0 Å². The number of nitrogens with one attached hydrogen (secondary N) is 1. The van der Waals surface area contributed by atoms with Crippen molar-refractivity contribution in [2.45, 2.75) is 24.9 Å². The van der Waals surface area contributed by atoms with Crippen molar-refractivity contribution in [2.24, 2.45) is 0 Å². The van der Waals surface area contributed by atoms with Gasteiger partial charge in [-0.05, 0) is 31.9 Å². The SMILES string of the molecule is CNCC(O)c1sc(C2CC2)cc1O. The normalized spacial score (nSPS) is 18.4. The standard InChI is InChI=1S/C10H15NO2S/c1-11-5-8(13)10-7(12)4-9(14-10)6-2-3-6/h4,6,8,11-13H,2-3,5H2,1H3. The molecule has 1 aromatic heterocycles. The maximum absolute atomic E-state index is 9.70. The lowest BCUT2D eigenvalue weighted by atomic mass is 10.2. The smallest absolute Gasteiger partial charge is 0.132 e. The van der Waals surface area contributed by atoms with Gasteiger partial charge in [0.15, 0.2) is 0 Å². The molecule has 1 heterocycles. The summed E-state index contributed by atoms with van der Waals surface area (Å²) in [4.78, 5) is 1.91. The number of thiophene rings is 1. The Bertz CT molecular complexity index is 320. The van der Waals surface area contributed by atoms with E-state index >= 15 is 0 Å². The molecule has 1 aromatic rings. The van der Waals surface area contributed by atoms with E-state index in [9.17, 15) is 10.2 Å². The van der Waals surface area contributed by atoms with Crippen molar-refractivity contribution in [3.05, 3.63) is 15.8 Å². The van der Waals surface area contributed by atoms with E-state index in [1.165, 1.54) is 29.1 Å². The van der Waals surface area contributed by atoms with Gasteiger partial charge in [0.25, 0.3) is 0 Å². The average Bonchev–Trinajstić information content (AvgIpc) is 2.91. The molecule has 0 aliphatic heterocycles. The van der Waals surface area contributed by atoms with Gasteiger partial charge in [-0.3, -0.25) is 0 Å². The highest BCUT2D eigenvalue weighted by atomic mass is 32.1.